The first-order valence-electron chi connectivity index (χ1n) is 10.6. The van der Waals surface area contributed by atoms with Crippen molar-refractivity contribution in [2.75, 3.05) is 79.5 Å². The number of thiol groups is 2. The van der Waals surface area contributed by atoms with E-state index in [1.807, 2.05) is 7.05 Å². The highest BCUT2D eigenvalue weighted by molar-refractivity contribution is 7.96. The van der Waals surface area contributed by atoms with Gasteiger partial charge in [-0.1, -0.05) is 12.8 Å². The largest absolute Gasteiger partial charge is 0.378 e. The van der Waals surface area contributed by atoms with Crippen molar-refractivity contribution in [3.63, 3.8) is 0 Å². The van der Waals surface area contributed by atoms with Crippen LogP contribution in [0.1, 0.15) is 19.3 Å². The number of hydrogen-bond donors (Lipinski definition) is 6. The van der Waals surface area contributed by atoms with Crippen molar-refractivity contribution in [1.82, 2.24) is 20.7 Å². The van der Waals surface area contributed by atoms with Crippen LogP contribution in [0, 0.1) is 0 Å². The minimum atomic E-state index is -0.388. The highest BCUT2D eigenvalue weighted by Crippen LogP contribution is 2.04. The molecule has 188 valence electrons. The average Bonchev–Trinajstić information content (AvgIpc) is 2.77. The molecule has 4 N–H and O–H groups in total. The Hall–Kier alpha value is -0.930. The predicted molar refractivity (Wildman–Crippen MR) is 127 cm³/mol. The van der Waals surface area contributed by atoms with Crippen LogP contribution in [-0.2, 0) is 33.3 Å². The summed E-state index contributed by atoms with van der Waals surface area (Å²) in [5.41, 5.74) is 0. The normalized spacial score (nSPS) is 11.8. The van der Waals surface area contributed by atoms with Crippen LogP contribution >= 0.6 is 25.4 Å². The summed E-state index contributed by atoms with van der Waals surface area (Å²) in [6, 6.07) is -0.388. The molecule has 0 rings (SSSR count). The molecule has 0 aliphatic heterocycles. The highest BCUT2D eigenvalue weighted by atomic mass is 32.1. The molecular formula is C19H38N4O7S2. The number of unbranched alkanes of at least 4 members (excludes halogenated alkanes) is 1. The fourth-order valence-corrected chi connectivity index (χ4v) is 2.79. The second kappa shape index (κ2) is 23.2. The molecule has 32 heavy (non-hydrogen) atoms. The van der Waals surface area contributed by atoms with E-state index in [1.54, 1.807) is 0 Å². The molecule has 0 aromatic carbocycles. The fraction of sp³-hybridized carbons (Fsp3) is 0.842. The van der Waals surface area contributed by atoms with Gasteiger partial charge in [0.1, 0.15) is 13.2 Å². The Balaban J connectivity index is 3.37. The zero-order valence-corrected chi connectivity index (χ0v) is 20.5. The molecule has 13 heteroatoms. The summed E-state index contributed by atoms with van der Waals surface area (Å²) in [5.74, 6) is -0.426. The van der Waals surface area contributed by atoms with Gasteiger partial charge in [0.05, 0.1) is 45.7 Å². The summed E-state index contributed by atoms with van der Waals surface area (Å²) < 4.78 is 23.6. The van der Waals surface area contributed by atoms with Crippen LogP contribution in [0.4, 0.5) is 0 Å². The Labute approximate surface area is 201 Å². The fourth-order valence-electron chi connectivity index (χ4n) is 2.25. The van der Waals surface area contributed by atoms with Gasteiger partial charge < -0.3 is 34.9 Å². The number of hydrogen-bond acceptors (Lipinski definition) is 10. The maximum Gasteiger partial charge on any atom is 0.246 e. The SMILES string of the molecule is CNCCOCCOCC(=O)NCCOCCOCC(=O)NCCCCC(NS)C(=O)S. The van der Waals surface area contributed by atoms with Crippen molar-refractivity contribution in [3.8, 4) is 0 Å². The lowest BCUT2D eigenvalue weighted by molar-refractivity contribution is -0.127. The third-order valence-electron chi connectivity index (χ3n) is 3.97. The summed E-state index contributed by atoms with van der Waals surface area (Å²) in [7, 11) is 1.85. The molecule has 0 aliphatic rings. The zero-order valence-electron chi connectivity index (χ0n) is 18.7. The summed E-state index contributed by atoms with van der Waals surface area (Å²) in [5, 5.41) is 8.13. The third-order valence-corrected chi connectivity index (χ3v) is 4.59. The van der Waals surface area contributed by atoms with E-state index in [1.165, 1.54) is 0 Å². The molecule has 1 unspecified atom stereocenters. The summed E-state index contributed by atoms with van der Waals surface area (Å²) in [6.07, 6.45) is 2.10. The van der Waals surface area contributed by atoms with Gasteiger partial charge in [-0.15, -0.1) is 12.6 Å². The molecule has 0 aromatic rings. The van der Waals surface area contributed by atoms with Crippen molar-refractivity contribution in [1.29, 1.82) is 0 Å². The van der Waals surface area contributed by atoms with Gasteiger partial charge in [0.25, 0.3) is 0 Å². The van der Waals surface area contributed by atoms with Gasteiger partial charge in [-0.2, -0.15) is 0 Å². The topological polar surface area (TPSA) is 136 Å². The number of likely N-dealkylation sites (N-methyl/N-ethyl adjacent to an activating group) is 1. The van der Waals surface area contributed by atoms with Crippen LogP contribution in [0.25, 0.3) is 0 Å². The van der Waals surface area contributed by atoms with Gasteiger partial charge in [0.15, 0.2) is 0 Å². The van der Waals surface area contributed by atoms with Gasteiger partial charge in [-0.3, -0.25) is 19.1 Å². The number of carbonyl (C=O) groups is 3. The quantitative estimate of drug-likeness (QED) is 0.0769. The van der Waals surface area contributed by atoms with Crippen LogP contribution in [0.5, 0.6) is 0 Å². The molecular weight excluding hydrogens is 460 g/mol. The first-order chi connectivity index (χ1) is 15.5. The van der Waals surface area contributed by atoms with Gasteiger partial charge in [-0.05, 0) is 26.3 Å². The van der Waals surface area contributed by atoms with Gasteiger partial charge in [0.2, 0.25) is 16.9 Å². The number of rotatable bonds is 23. The average molecular weight is 499 g/mol. The molecule has 0 aliphatic carbocycles. The number of ether oxygens (including phenoxy) is 4. The van der Waals surface area contributed by atoms with Crippen LogP contribution < -0.4 is 20.7 Å². The molecule has 0 spiro atoms. The number of carbonyl (C=O) groups excluding carboxylic acids is 3. The molecule has 0 heterocycles. The Morgan fingerprint density at radius 3 is 1.81 bits per heavy atom. The molecule has 0 radical (unpaired) electrons. The molecule has 11 nitrogen and oxygen atoms in total. The lowest BCUT2D eigenvalue weighted by Crippen LogP contribution is -2.31. The van der Waals surface area contributed by atoms with E-state index >= 15 is 0 Å². The second-order valence-corrected chi connectivity index (χ2v) is 7.35. The number of amides is 2. The van der Waals surface area contributed by atoms with Gasteiger partial charge in [0, 0.05) is 19.6 Å². The van der Waals surface area contributed by atoms with E-state index in [4.69, 9.17) is 18.9 Å². The van der Waals surface area contributed by atoms with E-state index in [0.29, 0.717) is 52.5 Å². The van der Waals surface area contributed by atoms with Crippen molar-refractivity contribution in [3.05, 3.63) is 0 Å². The van der Waals surface area contributed by atoms with Crippen molar-refractivity contribution >= 4 is 42.4 Å². The van der Waals surface area contributed by atoms with Crippen molar-refractivity contribution in [2.45, 2.75) is 25.3 Å². The Kier molecular flexibility index (Phi) is 22.6. The Morgan fingerprint density at radius 2 is 1.28 bits per heavy atom. The molecule has 1 atom stereocenters. The Morgan fingerprint density at radius 1 is 0.750 bits per heavy atom. The molecule has 0 saturated carbocycles. The van der Waals surface area contributed by atoms with E-state index in [2.05, 4.69) is 46.1 Å². The summed E-state index contributed by atoms with van der Waals surface area (Å²) in [6.45, 7) is 3.93. The zero-order chi connectivity index (χ0) is 23.9. The Bertz CT molecular complexity index is 504. The maximum absolute atomic E-state index is 11.7. The van der Waals surface area contributed by atoms with Gasteiger partial charge >= 0.3 is 0 Å². The van der Waals surface area contributed by atoms with E-state index < -0.39 is 0 Å². The third kappa shape index (κ3) is 20.9. The lowest BCUT2D eigenvalue weighted by atomic mass is 10.1. The van der Waals surface area contributed by atoms with E-state index in [9.17, 15) is 14.4 Å². The minimum absolute atomic E-state index is 0.0203. The van der Waals surface area contributed by atoms with Crippen LogP contribution in [-0.4, -0.2) is 103 Å². The van der Waals surface area contributed by atoms with E-state index in [0.717, 1.165) is 19.4 Å². The first kappa shape index (κ1) is 31.1. The second-order valence-electron chi connectivity index (χ2n) is 6.65. The van der Waals surface area contributed by atoms with Gasteiger partial charge in [-0.25, -0.2) is 0 Å². The van der Waals surface area contributed by atoms with Crippen LogP contribution in [0.3, 0.4) is 0 Å². The minimum Gasteiger partial charge on any atom is -0.378 e. The monoisotopic (exact) mass is 498 g/mol. The van der Waals surface area contributed by atoms with Crippen molar-refractivity contribution in [2.24, 2.45) is 0 Å². The molecule has 0 fully saturated rings. The molecule has 0 saturated heterocycles. The first-order valence-corrected chi connectivity index (χ1v) is 11.5. The van der Waals surface area contributed by atoms with Crippen LogP contribution in [0.15, 0.2) is 0 Å². The maximum atomic E-state index is 11.7. The van der Waals surface area contributed by atoms with E-state index in [-0.39, 0.29) is 42.8 Å². The smallest absolute Gasteiger partial charge is 0.246 e. The highest BCUT2D eigenvalue weighted by Gasteiger charge is 2.12. The standard InChI is InChI=1S/C19H38N4O7S2/c1-20-6-8-27-10-12-30-15-18(25)22-7-9-28-11-13-29-14-17(24)21-5-3-2-4-16(23-32)19(26)31/h16,20,23,32H,2-15H2,1H3,(H,21,24)(H,22,25)(H,26,31). The number of nitrogens with one attached hydrogen (secondary N) is 4. The predicted octanol–water partition coefficient (Wildman–Crippen LogP) is -1.07. The van der Waals surface area contributed by atoms with Crippen molar-refractivity contribution < 1.29 is 33.3 Å². The summed E-state index contributed by atoms with van der Waals surface area (Å²) >= 11 is 7.64. The molecule has 0 bridgehead atoms. The molecule has 0 aromatic heterocycles. The molecule has 2 amide bonds. The lowest BCUT2D eigenvalue weighted by Gasteiger charge is -2.11. The van der Waals surface area contributed by atoms with Crippen LogP contribution in [0.2, 0.25) is 0 Å². The summed E-state index contributed by atoms with van der Waals surface area (Å²) in [4.78, 5) is 34.3.